The number of carboxylic acids is 1. The summed E-state index contributed by atoms with van der Waals surface area (Å²) in [5, 5.41) is 27.3. The van der Waals surface area contributed by atoms with Crippen LogP contribution in [-0.2, 0) is 57.5 Å². The summed E-state index contributed by atoms with van der Waals surface area (Å²) >= 11 is 0. The molecule has 0 bridgehead atoms. The van der Waals surface area contributed by atoms with Gasteiger partial charge in [0.2, 0.25) is 35.4 Å². The van der Waals surface area contributed by atoms with E-state index in [0.29, 0.717) is 38.6 Å². The number of nitrogens with zero attached hydrogens (tertiary/aromatic N) is 2. The summed E-state index contributed by atoms with van der Waals surface area (Å²) in [7, 11) is 0. The van der Waals surface area contributed by atoms with Crippen LogP contribution in [0.2, 0.25) is 0 Å². The van der Waals surface area contributed by atoms with Crippen molar-refractivity contribution in [1.82, 2.24) is 25.8 Å². The first kappa shape index (κ1) is 55.1. The molecule has 3 aliphatic rings. The second kappa shape index (κ2) is 26.8. The van der Waals surface area contributed by atoms with E-state index in [-0.39, 0.29) is 94.8 Å². The van der Waals surface area contributed by atoms with Crippen LogP contribution in [0, 0.1) is 23.7 Å². The Bertz CT molecular complexity index is 1840. The average molecular weight is 932 g/mol. The largest absolute Gasteiger partial charge is 0.481 e. The number of nitrogens with two attached hydrogens (primary N) is 2. The Balaban J connectivity index is 1.53. The van der Waals surface area contributed by atoms with Crippen molar-refractivity contribution in [3.05, 3.63) is 0 Å². The third-order valence-electron chi connectivity index (χ3n) is 12.4. The molecule has 3 saturated heterocycles. The Kier molecular flexibility index (Phi) is 22.3. The molecule has 8 atom stereocenters. The Morgan fingerprint density at radius 2 is 1.56 bits per heavy atom. The van der Waals surface area contributed by atoms with E-state index in [9.17, 15) is 67.7 Å². The van der Waals surface area contributed by atoms with Crippen molar-refractivity contribution in [2.75, 3.05) is 26.2 Å². The standard InChI is InChI=1S/C45H69N7O14/c1-25(2)17-28(43(63)49-26(3)35(55)11-14-41(61)51-16-6-8-34(51)38(58)19-27(45(65)66)7-4-5-15-46)18-31(54)24-52-42(62)21-29(44(52)64)20-37(57)32(9-12-39(47)59)50-40(60)13-10-36(56)33-22-30(53)23-48-33/h25-30,32-34,48,53H,4-24,46H2,1-3H3,(H2,47,59)(H,49,63)(H,50,60)(H,65,66)/t26-,27+,28+,29-,30+,32-,33-,34-/m0/s1. The van der Waals surface area contributed by atoms with Crippen molar-refractivity contribution in [2.24, 2.45) is 35.1 Å². The number of primary amides is 1. The highest BCUT2D eigenvalue weighted by Gasteiger charge is 2.42. The molecular weight excluding hydrogens is 863 g/mol. The van der Waals surface area contributed by atoms with E-state index >= 15 is 0 Å². The number of aliphatic hydroxyl groups is 1. The fourth-order valence-electron chi connectivity index (χ4n) is 8.70. The molecule has 0 radical (unpaired) electrons. The number of nitrogens with one attached hydrogen (secondary N) is 3. The molecule has 21 heteroatoms. The van der Waals surface area contributed by atoms with Gasteiger partial charge in [-0.15, -0.1) is 0 Å². The molecule has 3 rings (SSSR count). The van der Waals surface area contributed by atoms with Gasteiger partial charge in [0.25, 0.3) is 0 Å². The first-order valence-electron chi connectivity index (χ1n) is 23.1. The van der Waals surface area contributed by atoms with Crippen molar-refractivity contribution in [3.8, 4) is 0 Å². The highest BCUT2D eigenvalue weighted by Crippen LogP contribution is 2.27. The molecule has 66 heavy (non-hydrogen) atoms. The maximum absolute atomic E-state index is 13.5. The van der Waals surface area contributed by atoms with Crippen molar-refractivity contribution in [1.29, 1.82) is 0 Å². The van der Waals surface area contributed by atoms with Gasteiger partial charge in [0.05, 0.1) is 48.7 Å². The first-order chi connectivity index (χ1) is 31.1. The Morgan fingerprint density at radius 3 is 2.18 bits per heavy atom. The van der Waals surface area contributed by atoms with Gasteiger partial charge in [0, 0.05) is 76.8 Å². The van der Waals surface area contributed by atoms with E-state index in [4.69, 9.17) is 11.5 Å². The number of likely N-dealkylation sites (tertiary alicyclic amines) is 2. The highest BCUT2D eigenvalue weighted by atomic mass is 16.4. The second-order valence-electron chi connectivity index (χ2n) is 18.3. The lowest BCUT2D eigenvalue weighted by molar-refractivity contribution is -0.145. The van der Waals surface area contributed by atoms with Gasteiger partial charge in [-0.1, -0.05) is 20.3 Å². The predicted molar refractivity (Wildman–Crippen MR) is 234 cm³/mol. The van der Waals surface area contributed by atoms with Crippen molar-refractivity contribution < 1.29 is 67.7 Å². The minimum Gasteiger partial charge on any atom is -0.481 e. The zero-order chi connectivity index (χ0) is 49.2. The number of carboxylic acid groups (broad SMARTS) is 1. The van der Waals surface area contributed by atoms with Gasteiger partial charge < -0.3 is 42.5 Å². The highest BCUT2D eigenvalue weighted by molar-refractivity contribution is 6.08. The molecule has 0 unspecified atom stereocenters. The van der Waals surface area contributed by atoms with Crippen molar-refractivity contribution in [2.45, 2.75) is 160 Å². The zero-order valence-corrected chi connectivity index (χ0v) is 38.4. The fourth-order valence-corrected chi connectivity index (χ4v) is 8.70. The molecule has 3 heterocycles. The maximum Gasteiger partial charge on any atom is 0.306 e. The molecular formula is C45H69N7O14. The van der Waals surface area contributed by atoms with Crippen molar-refractivity contribution in [3.63, 3.8) is 0 Å². The summed E-state index contributed by atoms with van der Waals surface area (Å²) in [5.41, 5.74) is 10.8. The third-order valence-corrected chi connectivity index (χ3v) is 12.4. The number of unbranched alkanes of at least 4 members (excludes halogenated alkanes) is 1. The average Bonchev–Trinajstić information content (AvgIpc) is 3.99. The Morgan fingerprint density at radius 1 is 0.848 bits per heavy atom. The number of β-amino-alcohol motifs (C(OH)–C–C–N with tert-alkyl or cyclic N) is 1. The van der Waals surface area contributed by atoms with Crippen LogP contribution in [0.5, 0.6) is 0 Å². The fraction of sp³-hybridized carbons (Fsp3) is 0.733. The number of imide groups is 1. The van der Waals surface area contributed by atoms with E-state index in [1.807, 2.05) is 13.8 Å². The predicted octanol–water partition coefficient (Wildman–Crippen LogP) is -0.601. The molecule has 6 amide bonds. The van der Waals surface area contributed by atoms with Crippen LogP contribution < -0.4 is 27.4 Å². The summed E-state index contributed by atoms with van der Waals surface area (Å²) in [4.78, 5) is 157. The van der Waals surface area contributed by atoms with E-state index in [2.05, 4.69) is 16.0 Å². The second-order valence-corrected chi connectivity index (χ2v) is 18.3. The summed E-state index contributed by atoms with van der Waals surface area (Å²) in [6, 6.07) is -3.70. The lowest BCUT2D eigenvalue weighted by Crippen LogP contribution is -2.44. The summed E-state index contributed by atoms with van der Waals surface area (Å²) in [5.74, 6) is -10.6. The summed E-state index contributed by atoms with van der Waals surface area (Å²) in [6.07, 6.45) is -0.780. The molecule has 0 aromatic heterocycles. The van der Waals surface area contributed by atoms with Gasteiger partial charge in [0.1, 0.15) is 5.78 Å². The minimum absolute atomic E-state index is 0.0859. The molecule has 3 aliphatic heterocycles. The van der Waals surface area contributed by atoms with Gasteiger partial charge in [-0.25, -0.2) is 0 Å². The maximum atomic E-state index is 13.5. The van der Waals surface area contributed by atoms with E-state index in [1.165, 1.54) is 11.8 Å². The zero-order valence-electron chi connectivity index (χ0n) is 38.4. The Labute approximate surface area is 384 Å². The van der Waals surface area contributed by atoms with Gasteiger partial charge in [0.15, 0.2) is 23.1 Å². The van der Waals surface area contributed by atoms with Gasteiger partial charge in [-0.05, 0) is 64.3 Å². The molecule has 368 valence electrons. The number of hydrogen-bond donors (Lipinski definition) is 7. The molecule has 9 N–H and O–H groups in total. The van der Waals surface area contributed by atoms with Crippen LogP contribution in [0.15, 0.2) is 0 Å². The van der Waals surface area contributed by atoms with Crippen LogP contribution in [0.3, 0.4) is 0 Å². The summed E-state index contributed by atoms with van der Waals surface area (Å²) in [6.45, 7) is 5.34. The number of rotatable bonds is 31. The Hall–Kier alpha value is -5.28. The van der Waals surface area contributed by atoms with Gasteiger partial charge in [-0.2, -0.15) is 0 Å². The quantitative estimate of drug-likeness (QED) is 0.0337. The number of amides is 6. The van der Waals surface area contributed by atoms with Crippen LogP contribution in [0.25, 0.3) is 0 Å². The number of aliphatic hydroxyl groups excluding tert-OH is 1. The molecule has 3 fully saturated rings. The third kappa shape index (κ3) is 17.5. The number of carbonyl (C=O) groups excluding carboxylic acids is 11. The van der Waals surface area contributed by atoms with Crippen LogP contribution in [-0.4, -0.2) is 147 Å². The topological polar surface area (TPSA) is 340 Å². The van der Waals surface area contributed by atoms with Gasteiger partial charge >= 0.3 is 5.97 Å². The van der Waals surface area contributed by atoms with Crippen LogP contribution in [0.4, 0.5) is 0 Å². The van der Waals surface area contributed by atoms with E-state index < -0.39 is 126 Å². The molecule has 0 aromatic rings. The monoisotopic (exact) mass is 931 g/mol. The van der Waals surface area contributed by atoms with Crippen LogP contribution in [0.1, 0.15) is 130 Å². The minimum atomic E-state index is -1.26. The number of hydrogen-bond acceptors (Lipinski definition) is 15. The lowest BCUT2D eigenvalue weighted by Gasteiger charge is -2.25. The smallest absolute Gasteiger partial charge is 0.306 e. The number of aliphatic carboxylic acids is 1. The molecule has 0 saturated carbocycles. The molecule has 0 aromatic carbocycles. The molecule has 0 spiro atoms. The van der Waals surface area contributed by atoms with E-state index in [0.717, 1.165) is 4.90 Å². The summed E-state index contributed by atoms with van der Waals surface area (Å²) < 4.78 is 0. The van der Waals surface area contributed by atoms with Gasteiger partial charge in [-0.3, -0.25) is 62.4 Å². The lowest BCUT2D eigenvalue weighted by atomic mass is 9.91. The van der Waals surface area contributed by atoms with E-state index in [1.54, 1.807) is 0 Å². The number of Topliss-reactive ketones (excluding diaryl/α,β-unsaturated/α-hetero) is 5. The number of carbonyl (C=O) groups is 12. The SMILES string of the molecule is CC(C)C[C@H](CC(=O)CN1C(=O)C[C@H](CC(=O)[C@H](CCC(N)=O)NC(=O)CCC(=O)[C@@H]2C[C@@H](O)CN2)C1=O)C(=O)N[C@@H](C)C(=O)CCC(=O)N1CCC[C@H]1C(=O)C[C@@H](CCCCN)C(=O)O. The molecule has 21 nitrogen and oxygen atoms in total. The van der Waals surface area contributed by atoms with Crippen molar-refractivity contribution >= 4 is 70.3 Å². The normalized spacial score (nSPS) is 21.3. The molecule has 0 aliphatic carbocycles. The number of ketones is 5. The van der Waals surface area contributed by atoms with Crippen LogP contribution >= 0.6 is 0 Å². The first-order valence-corrected chi connectivity index (χ1v) is 23.1.